The van der Waals surface area contributed by atoms with E-state index < -0.39 is 5.92 Å². The van der Waals surface area contributed by atoms with E-state index >= 15 is 0 Å². The molecule has 0 atom stereocenters. The van der Waals surface area contributed by atoms with Gasteiger partial charge in [0.15, 0.2) is 0 Å². The maximum atomic E-state index is 13.3. The number of halogens is 2. The van der Waals surface area contributed by atoms with E-state index in [4.69, 9.17) is 0 Å². The number of nitrogens with one attached hydrogen (secondary N) is 1. The van der Waals surface area contributed by atoms with Crippen LogP contribution >= 0.6 is 0 Å². The van der Waals surface area contributed by atoms with Crippen molar-refractivity contribution in [2.75, 3.05) is 19.6 Å². The molecule has 1 aliphatic heterocycles. The molecule has 0 spiro atoms. The highest BCUT2D eigenvalue weighted by atomic mass is 19.3. The molecule has 2 rings (SSSR count). The quantitative estimate of drug-likeness (QED) is 0.874. The summed E-state index contributed by atoms with van der Waals surface area (Å²) in [6.07, 6.45) is 2.54. The first-order chi connectivity index (χ1) is 9.76. The zero-order valence-electron chi connectivity index (χ0n) is 13.1. The molecule has 5 heteroatoms. The van der Waals surface area contributed by atoms with Gasteiger partial charge in [0.05, 0.1) is 5.69 Å². The number of hydrogen-bond donors (Lipinski definition) is 1. The molecule has 0 bridgehead atoms. The zero-order valence-corrected chi connectivity index (χ0v) is 13.1. The third-order valence-electron chi connectivity index (χ3n) is 3.82. The zero-order chi connectivity index (χ0) is 15.5. The molecule has 1 N–H and O–H groups in total. The first-order valence-electron chi connectivity index (χ1n) is 7.58. The highest BCUT2D eigenvalue weighted by Crippen LogP contribution is 2.25. The minimum atomic E-state index is -2.89. The van der Waals surface area contributed by atoms with Gasteiger partial charge in [0.1, 0.15) is 5.69 Å². The van der Waals surface area contributed by atoms with Gasteiger partial charge in [-0.3, -0.25) is 4.98 Å². The van der Waals surface area contributed by atoms with E-state index in [9.17, 15) is 8.78 Å². The number of alkyl halides is 2. The number of rotatable bonds is 6. The van der Waals surface area contributed by atoms with Gasteiger partial charge in [0, 0.05) is 25.6 Å². The predicted molar refractivity (Wildman–Crippen MR) is 80.4 cm³/mol. The highest BCUT2D eigenvalue weighted by Gasteiger charge is 2.27. The lowest BCUT2D eigenvalue weighted by Crippen LogP contribution is -2.48. The summed E-state index contributed by atoms with van der Waals surface area (Å²) in [6, 6.07) is 4.80. The second-order valence-electron chi connectivity index (χ2n) is 6.62. The average molecular weight is 297 g/mol. The van der Waals surface area contributed by atoms with Crippen molar-refractivity contribution in [1.29, 1.82) is 0 Å². The van der Waals surface area contributed by atoms with Crippen molar-refractivity contribution in [3.05, 3.63) is 29.6 Å². The summed E-state index contributed by atoms with van der Waals surface area (Å²) < 4.78 is 26.6. The van der Waals surface area contributed by atoms with Gasteiger partial charge in [-0.15, -0.1) is 0 Å². The lowest BCUT2D eigenvalue weighted by atomic mass is 10.0. The van der Waals surface area contributed by atoms with Gasteiger partial charge in [-0.2, -0.15) is 8.78 Å². The van der Waals surface area contributed by atoms with E-state index in [1.165, 1.54) is 18.9 Å². The van der Waals surface area contributed by atoms with Gasteiger partial charge >= 0.3 is 0 Å². The summed E-state index contributed by atoms with van der Waals surface area (Å²) in [4.78, 5) is 6.49. The molecule has 1 aliphatic rings. The summed E-state index contributed by atoms with van der Waals surface area (Å²) in [5, 5.41) is 3.43. The standard InChI is InChI=1S/C16H25F2N3/c1-15(2,12-21-9-4-5-10-21)19-11-13-7-6-8-14(20-13)16(3,17)18/h6-8,19H,4-5,9-12H2,1-3H3. The van der Waals surface area contributed by atoms with Crippen LogP contribution in [0.4, 0.5) is 8.78 Å². The van der Waals surface area contributed by atoms with Crippen molar-refractivity contribution in [3.63, 3.8) is 0 Å². The maximum absolute atomic E-state index is 13.3. The first kappa shape index (κ1) is 16.3. The molecule has 1 saturated heterocycles. The lowest BCUT2D eigenvalue weighted by Gasteiger charge is -2.31. The Morgan fingerprint density at radius 2 is 1.86 bits per heavy atom. The Balaban J connectivity index is 1.92. The molecule has 118 valence electrons. The van der Waals surface area contributed by atoms with Gasteiger partial charge in [-0.25, -0.2) is 0 Å². The summed E-state index contributed by atoms with van der Waals surface area (Å²) in [7, 11) is 0. The van der Waals surface area contributed by atoms with Crippen molar-refractivity contribution in [2.24, 2.45) is 0 Å². The lowest BCUT2D eigenvalue weighted by molar-refractivity contribution is 0.0125. The van der Waals surface area contributed by atoms with Crippen LogP contribution in [0.2, 0.25) is 0 Å². The molecule has 0 radical (unpaired) electrons. The van der Waals surface area contributed by atoms with Gasteiger partial charge in [0.2, 0.25) is 0 Å². The molecule has 1 aromatic heterocycles. The largest absolute Gasteiger partial charge is 0.305 e. The topological polar surface area (TPSA) is 28.2 Å². The molecule has 0 amide bonds. The van der Waals surface area contributed by atoms with Crippen LogP contribution in [-0.2, 0) is 12.5 Å². The van der Waals surface area contributed by atoms with Crippen LogP contribution in [0.5, 0.6) is 0 Å². The first-order valence-corrected chi connectivity index (χ1v) is 7.58. The molecule has 0 unspecified atom stereocenters. The normalized spacial score (nSPS) is 17.4. The fraction of sp³-hybridized carbons (Fsp3) is 0.688. The van der Waals surface area contributed by atoms with Crippen molar-refractivity contribution in [3.8, 4) is 0 Å². The summed E-state index contributed by atoms with van der Waals surface area (Å²) in [5.74, 6) is -2.89. The average Bonchev–Trinajstić information content (AvgIpc) is 2.88. The predicted octanol–water partition coefficient (Wildman–Crippen LogP) is 3.16. The fourth-order valence-electron chi connectivity index (χ4n) is 2.71. The molecular weight excluding hydrogens is 272 g/mol. The Hall–Kier alpha value is -1.07. The molecule has 1 fully saturated rings. The van der Waals surface area contributed by atoms with E-state index in [2.05, 4.69) is 29.0 Å². The van der Waals surface area contributed by atoms with Crippen molar-refractivity contribution in [2.45, 2.75) is 51.6 Å². The van der Waals surface area contributed by atoms with Gasteiger partial charge in [0.25, 0.3) is 5.92 Å². The van der Waals surface area contributed by atoms with Crippen LogP contribution in [0.25, 0.3) is 0 Å². The monoisotopic (exact) mass is 297 g/mol. The molecular formula is C16H25F2N3. The van der Waals surface area contributed by atoms with Crippen LogP contribution in [0, 0.1) is 0 Å². The second-order valence-corrected chi connectivity index (χ2v) is 6.62. The van der Waals surface area contributed by atoms with E-state index in [0.29, 0.717) is 12.2 Å². The van der Waals surface area contributed by atoms with E-state index in [1.54, 1.807) is 12.1 Å². The third-order valence-corrected chi connectivity index (χ3v) is 3.82. The van der Waals surface area contributed by atoms with Crippen molar-refractivity contribution in [1.82, 2.24) is 15.2 Å². The fourth-order valence-corrected chi connectivity index (χ4v) is 2.71. The maximum Gasteiger partial charge on any atom is 0.286 e. The van der Waals surface area contributed by atoms with Gasteiger partial charge < -0.3 is 10.2 Å². The Morgan fingerprint density at radius 1 is 1.19 bits per heavy atom. The Kier molecular flexibility index (Phi) is 4.94. The number of likely N-dealkylation sites (tertiary alicyclic amines) is 1. The molecule has 0 aliphatic carbocycles. The van der Waals surface area contributed by atoms with Crippen LogP contribution in [0.1, 0.15) is 45.0 Å². The molecule has 3 nitrogen and oxygen atoms in total. The van der Waals surface area contributed by atoms with Crippen LogP contribution in [0.3, 0.4) is 0 Å². The molecule has 0 saturated carbocycles. The van der Waals surface area contributed by atoms with Crippen molar-refractivity contribution < 1.29 is 8.78 Å². The number of aromatic nitrogens is 1. The number of pyridine rings is 1. The SMILES string of the molecule is CC(C)(CN1CCCC1)NCc1cccc(C(C)(F)F)n1. The second kappa shape index (κ2) is 6.36. The van der Waals surface area contributed by atoms with E-state index in [1.807, 2.05) is 0 Å². The van der Waals surface area contributed by atoms with Gasteiger partial charge in [-0.1, -0.05) is 6.07 Å². The summed E-state index contributed by atoms with van der Waals surface area (Å²) in [5.41, 5.74) is 0.430. The van der Waals surface area contributed by atoms with Crippen LogP contribution in [0.15, 0.2) is 18.2 Å². The molecule has 0 aromatic carbocycles. The van der Waals surface area contributed by atoms with Gasteiger partial charge in [-0.05, 0) is 51.9 Å². The minimum Gasteiger partial charge on any atom is -0.305 e. The van der Waals surface area contributed by atoms with Crippen molar-refractivity contribution >= 4 is 0 Å². The number of nitrogens with zero attached hydrogens (tertiary/aromatic N) is 2. The van der Waals surface area contributed by atoms with E-state index in [-0.39, 0.29) is 11.2 Å². The molecule has 21 heavy (non-hydrogen) atoms. The third kappa shape index (κ3) is 5.00. The Labute approximate surface area is 125 Å². The summed E-state index contributed by atoms with van der Waals surface area (Å²) in [6.45, 7) is 8.94. The van der Waals surface area contributed by atoms with E-state index in [0.717, 1.165) is 26.6 Å². The minimum absolute atomic E-state index is 0.0588. The smallest absolute Gasteiger partial charge is 0.286 e. The molecule has 2 heterocycles. The molecule has 1 aromatic rings. The van der Waals surface area contributed by atoms with Crippen LogP contribution < -0.4 is 5.32 Å². The summed E-state index contributed by atoms with van der Waals surface area (Å²) >= 11 is 0. The Morgan fingerprint density at radius 3 is 2.48 bits per heavy atom. The van der Waals surface area contributed by atoms with Crippen LogP contribution in [-0.4, -0.2) is 35.1 Å². The number of hydrogen-bond acceptors (Lipinski definition) is 3. The highest BCUT2D eigenvalue weighted by molar-refractivity contribution is 5.14. The Bertz CT molecular complexity index is 463.